The van der Waals surface area contributed by atoms with E-state index in [4.69, 9.17) is 0 Å². The quantitative estimate of drug-likeness (QED) is 0.552. The SMILES string of the molecule is CN1C=C2NC=CN=C2N(C)C1. The Morgan fingerprint density at radius 1 is 1.50 bits per heavy atom. The second kappa shape index (κ2) is 2.55. The first kappa shape index (κ1) is 7.21. The van der Waals surface area contributed by atoms with Gasteiger partial charge in [-0.3, -0.25) is 0 Å². The van der Waals surface area contributed by atoms with Gasteiger partial charge in [0, 0.05) is 32.7 Å². The van der Waals surface area contributed by atoms with Crippen molar-refractivity contribution in [3.8, 4) is 0 Å². The predicted octanol–water partition coefficient (Wildman–Crippen LogP) is 0.135. The minimum absolute atomic E-state index is 0.887. The third-order valence-electron chi connectivity index (χ3n) is 1.90. The maximum absolute atomic E-state index is 4.27. The van der Waals surface area contributed by atoms with Gasteiger partial charge in [0.1, 0.15) is 0 Å². The molecule has 0 atom stereocenters. The van der Waals surface area contributed by atoms with Gasteiger partial charge in [-0.05, 0) is 0 Å². The number of hydrogen-bond donors (Lipinski definition) is 1. The summed E-state index contributed by atoms with van der Waals surface area (Å²) in [6.07, 6.45) is 5.67. The van der Waals surface area contributed by atoms with E-state index in [1.807, 2.05) is 20.3 Å². The molecule has 0 amide bonds. The average molecular weight is 164 g/mol. The summed E-state index contributed by atoms with van der Waals surface area (Å²) in [5.74, 6) is 1.01. The summed E-state index contributed by atoms with van der Waals surface area (Å²) in [7, 11) is 4.07. The van der Waals surface area contributed by atoms with E-state index in [-0.39, 0.29) is 0 Å². The van der Waals surface area contributed by atoms with Gasteiger partial charge in [0.15, 0.2) is 5.84 Å². The molecule has 0 fully saturated rings. The van der Waals surface area contributed by atoms with E-state index < -0.39 is 0 Å². The van der Waals surface area contributed by atoms with Gasteiger partial charge >= 0.3 is 0 Å². The van der Waals surface area contributed by atoms with Crippen molar-refractivity contribution in [2.24, 2.45) is 4.99 Å². The monoisotopic (exact) mass is 164 g/mol. The Labute approximate surface area is 71.9 Å². The van der Waals surface area contributed by atoms with Gasteiger partial charge in [-0.1, -0.05) is 0 Å². The summed E-state index contributed by atoms with van der Waals surface area (Å²) in [5.41, 5.74) is 1.06. The zero-order valence-corrected chi connectivity index (χ0v) is 7.28. The van der Waals surface area contributed by atoms with Gasteiger partial charge in [-0.2, -0.15) is 0 Å². The third kappa shape index (κ3) is 1.05. The molecule has 4 heteroatoms. The molecule has 0 aromatic heterocycles. The number of aliphatic imine (C=N–C) groups is 1. The molecule has 12 heavy (non-hydrogen) atoms. The van der Waals surface area contributed by atoms with Crippen molar-refractivity contribution in [3.05, 3.63) is 24.3 Å². The number of nitrogens with zero attached hydrogens (tertiary/aromatic N) is 3. The lowest BCUT2D eigenvalue weighted by molar-refractivity contribution is 0.300. The van der Waals surface area contributed by atoms with E-state index in [9.17, 15) is 0 Å². The van der Waals surface area contributed by atoms with Gasteiger partial charge in [-0.15, -0.1) is 0 Å². The number of amidine groups is 1. The summed E-state index contributed by atoms with van der Waals surface area (Å²) in [6, 6.07) is 0. The lowest BCUT2D eigenvalue weighted by atomic mass is 10.3. The van der Waals surface area contributed by atoms with Crippen LogP contribution >= 0.6 is 0 Å². The van der Waals surface area contributed by atoms with E-state index >= 15 is 0 Å². The van der Waals surface area contributed by atoms with Crippen LogP contribution in [0, 0.1) is 0 Å². The van der Waals surface area contributed by atoms with Crippen LogP contribution in [0.15, 0.2) is 29.3 Å². The van der Waals surface area contributed by atoms with E-state index in [1.54, 1.807) is 6.20 Å². The lowest BCUT2D eigenvalue weighted by Gasteiger charge is -2.33. The zero-order valence-electron chi connectivity index (χ0n) is 7.28. The van der Waals surface area contributed by atoms with Gasteiger partial charge in [0.05, 0.1) is 12.4 Å². The Bertz CT molecular complexity index is 277. The number of likely N-dealkylation sites (N-methyl/N-ethyl adjacent to an activating group) is 1. The van der Waals surface area contributed by atoms with Crippen molar-refractivity contribution in [1.29, 1.82) is 0 Å². The first-order valence-electron chi connectivity index (χ1n) is 3.90. The Morgan fingerprint density at radius 2 is 2.33 bits per heavy atom. The maximum atomic E-state index is 4.27. The van der Waals surface area contributed by atoms with Gasteiger partial charge in [0.25, 0.3) is 0 Å². The molecule has 0 saturated carbocycles. The fourth-order valence-corrected chi connectivity index (χ4v) is 1.43. The summed E-state index contributed by atoms with van der Waals surface area (Å²) in [5, 5.41) is 3.15. The first-order chi connectivity index (χ1) is 5.77. The lowest BCUT2D eigenvalue weighted by Crippen LogP contribution is -2.43. The highest BCUT2D eigenvalue weighted by atomic mass is 15.3. The topological polar surface area (TPSA) is 30.9 Å². The Morgan fingerprint density at radius 3 is 3.17 bits per heavy atom. The molecule has 2 rings (SSSR count). The Kier molecular flexibility index (Phi) is 1.53. The molecule has 64 valence electrons. The van der Waals surface area contributed by atoms with Crippen LogP contribution < -0.4 is 5.32 Å². The summed E-state index contributed by atoms with van der Waals surface area (Å²) < 4.78 is 0. The van der Waals surface area contributed by atoms with E-state index in [0.717, 1.165) is 18.2 Å². The van der Waals surface area contributed by atoms with Crippen LogP contribution in [0.3, 0.4) is 0 Å². The fourth-order valence-electron chi connectivity index (χ4n) is 1.43. The molecule has 0 aromatic carbocycles. The van der Waals surface area contributed by atoms with E-state index in [0.29, 0.717) is 0 Å². The van der Waals surface area contributed by atoms with E-state index in [1.165, 1.54) is 0 Å². The molecule has 2 aliphatic rings. The Balaban J connectivity index is 2.35. The third-order valence-corrected chi connectivity index (χ3v) is 1.90. The molecule has 4 nitrogen and oxygen atoms in total. The number of nitrogens with one attached hydrogen (secondary N) is 1. The number of rotatable bonds is 0. The van der Waals surface area contributed by atoms with Crippen molar-refractivity contribution in [2.45, 2.75) is 0 Å². The molecular formula is C8H12N4. The fraction of sp³-hybridized carbons (Fsp3) is 0.375. The molecule has 0 saturated heterocycles. The zero-order chi connectivity index (χ0) is 8.55. The van der Waals surface area contributed by atoms with Crippen LogP contribution in [0.2, 0.25) is 0 Å². The Hall–Kier alpha value is -1.45. The van der Waals surface area contributed by atoms with Crippen LogP contribution in [-0.4, -0.2) is 36.4 Å². The van der Waals surface area contributed by atoms with Crippen molar-refractivity contribution in [1.82, 2.24) is 15.1 Å². The second-order valence-corrected chi connectivity index (χ2v) is 3.05. The minimum Gasteiger partial charge on any atom is -0.361 e. The molecule has 0 aliphatic carbocycles. The predicted molar refractivity (Wildman–Crippen MR) is 48.2 cm³/mol. The highest BCUT2D eigenvalue weighted by molar-refractivity contribution is 5.99. The molecular weight excluding hydrogens is 152 g/mol. The van der Waals surface area contributed by atoms with Crippen LogP contribution in [0.4, 0.5) is 0 Å². The van der Waals surface area contributed by atoms with Gasteiger partial charge in [-0.25, -0.2) is 4.99 Å². The van der Waals surface area contributed by atoms with Crippen LogP contribution in [-0.2, 0) is 0 Å². The number of hydrogen-bond acceptors (Lipinski definition) is 4. The average Bonchev–Trinajstić information content (AvgIpc) is 2.04. The standard InChI is InChI=1S/C8H12N4/c1-11-5-7-8(12(2)6-11)10-4-3-9-7/h3-5,9H,6H2,1-2H3. The maximum Gasteiger partial charge on any atom is 0.155 e. The van der Waals surface area contributed by atoms with Crippen molar-refractivity contribution in [2.75, 3.05) is 20.8 Å². The normalized spacial score (nSPS) is 21.2. The van der Waals surface area contributed by atoms with E-state index in [2.05, 4.69) is 26.3 Å². The largest absolute Gasteiger partial charge is 0.361 e. The minimum atomic E-state index is 0.887. The van der Waals surface area contributed by atoms with Crippen LogP contribution in [0.1, 0.15) is 0 Å². The molecule has 0 radical (unpaired) electrons. The first-order valence-corrected chi connectivity index (χ1v) is 3.90. The molecule has 2 heterocycles. The second-order valence-electron chi connectivity index (χ2n) is 3.05. The molecule has 0 aromatic rings. The molecule has 0 bridgehead atoms. The summed E-state index contributed by atoms with van der Waals surface area (Å²) in [4.78, 5) is 8.49. The highest BCUT2D eigenvalue weighted by Gasteiger charge is 2.19. The molecule has 2 aliphatic heterocycles. The van der Waals surface area contributed by atoms with Crippen LogP contribution in [0.25, 0.3) is 0 Å². The molecule has 0 unspecified atom stereocenters. The van der Waals surface area contributed by atoms with Gasteiger partial charge in [0.2, 0.25) is 0 Å². The smallest absolute Gasteiger partial charge is 0.155 e. The molecule has 1 N–H and O–H groups in total. The number of fused-ring (bicyclic) bond motifs is 1. The van der Waals surface area contributed by atoms with Crippen molar-refractivity contribution in [3.63, 3.8) is 0 Å². The highest BCUT2D eigenvalue weighted by Crippen LogP contribution is 2.10. The molecule has 0 spiro atoms. The van der Waals surface area contributed by atoms with Crippen LogP contribution in [0.5, 0.6) is 0 Å². The summed E-state index contributed by atoms with van der Waals surface area (Å²) >= 11 is 0. The van der Waals surface area contributed by atoms with Crippen molar-refractivity contribution < 1.29 is 0 Å². The summed E-state index contributed by atoms with van der Waals surface area (Å²) in [6.45, 7) is 0.887. The van der Waals surface area contributed by atoms with Gasteiger partial charge < -0.3 is 15.1 Å². The van der Waals surface area contributed by atoms with Crippen molar-refractivity contribution >= 4 is 5.84 Å².